The summed E-state index contributed by atoms with van der Waals surface area (Å²) in [7, 11) is 0. The van der Waals surface area contributed by atoms with Crippen molar-refractivity contribution in [2.75, 3.05) is 16.8 Å². The van der Waals surface area contributed by atoms with Gasteiger partial charge in [-0.3, -0.25) is 0 Å². The molecule has 2 N–H and O–H groups in total. The van der Waals surface area contributed by atoms with Crippen LogP contribution in [0.25, 0.3) is 0 Å². The molecule has 8 heteroatoms. The lowest BCUT2D eigenvalue weighted by Gasteiger charge is -2.10. The summed E-state index contributed by atoms with van der Waals surface area (Å²) >= 11 is 7.30. The molecule has 3 rings (SSSR count). The van der Waals surface area contributed by atoms with Crippen LogP contribution in [0.5, 0.6) is 0 Å². The van der Waals surface area contributed by atoms with E-state index in [0.29, 0.717) is 22.3 Å². The summed E-state index contributed by atoms with van der Waals surface area (Å²) < 4.78 is 35.4. The van der Waals surface area contributed by atoms with Gasteiger partial charge in [0.2, 0.25) is 0 Å². The van der Waals surface area contributed by atoms with Crippen molar-refractivity contribution in [1.29, 1.82) is 0 Å². The Morgan fingerprint density at radius 3 is 2.83 bits per heavy atom. The quantitative estimate of drug-likeness (QED) is 0.395. The lowest BCUT2D eigenvalue weighted by Crippen LogP contribution is -2.07. The summed E-state index contributed by atoms with van der Waals surface area (Å²) in [5, 5.41) is 3.59. The van der Waals surface area contributed by atoms with Crippen LogP contribution in [0.4, 0.5) is 20.3 Å². The van der Waals surface area contributed by atoms with E-state index < -0.39 is 11.6 Å². The normalized spacial score (nSPS) is 13.8. The number of anilines is 2. The summed E-state index contributed by atoms with van der Waals surface area (Å²) in [4.78, 5) is 4.00. The fourth-order valence-electron chi connectivity index (χ4n) is 1.88. The van der Waals surface area contributed by atoms with Crippen molar-refractivity contribution in [3.05, 3.63) is 52.7 Å². The Kier molecular flexibility index (Phi) is 5.76. The minimum Gasteiger partial charge on any atom is -0.363 e. The van der Waals surface area contributed by atoms with Gasteiger partial charge in [0.05, 0.1) is 17.8 Å². The van der Waals surface area contributed by atoms with E-state index in [4.69, 9.17) is 16.3 Å². The van der Waals surface area contributed by atoms with Crippen molar-refractivity contribution in [3.63, 3.8) is 0 Å². The summed E-state index contributed by atoms with van der Waals surface area (Å²) in [5.41, 5.74) is 1.04. The molecule has 1 saturated carbocycles. The molecule has 4 nitrogen and oxygen atoms in total. The number of nitrogens with one attached hydrogen (secondary N) is 2. The first kappa shape index (κ1) is 17.3. The van der Waals surface area contributed by atoms with Gasteiger partial charge in [-0.15, -0.1) is 0 Å². The van der Waals surface area contributed by atoms with Crippen molar-refractivity contribution >= 4 is 35.1 Å². The average Bonchev–Trinajstić information content (AvgIpc) is 3.39. The Morgan fingerprint density at radius 1 is 1.25 bits per heavy atom. The lowest BCUT2D eigenvalue weighted by atomic mass is 10.2. The lowest BCUT2D eigenvalue weighted by molar-refractivity contribution is 0.136. The molecule has 24 heavy (non-hydrogen) atoms. The zero-order valence-corrected chi connectivity index (χ0v) is 14.3. The standard InChI is InChI=1S/C16H16ClF2N3OS/c17-13-6-11(1-4-14(13)18)21-9-23-8-10-5-16(20-7-15(10)19)22-24-12-2-3-12/h1,4-7,12,21H,2-3,8-9H2,(H,20,22). The molecule has 2 aromatic rings. The number of benzene rings is 1. The second-order valence-corrected chi connectivity index (χ2v) is 6.89. The molecule has 128 valence electrons. The van der Waals surface area contributed by atoms with Gasteiger partial charge in [0.1, 0.15) is 24.2 Å². The molecular formula is C16H16ClF2N3OS. The molecule has 1 heterocycles. The van der Waals surface area contributed by atoms with Crippen LogP contribution in [0.2, 0.25) is 5.02 Å². The van der Waals surface area contributed by atoms with Crippen LogP contribution < -0.4 is 10.0 Å². The van der Waals surface area contributed by atoms with E-state index in [1.165, 1.54) is 31.2 Å². The third kappa shape index (κ3) is 4.96. The number of rotatable bonds is 8. The first-order valence-corrected chi connectivity index (χ1v) is 8.70. The Bertz CT molecular complexity index is 716. The minimum absolute atomic E-state index is 0.0315. The Balaban J connectivity index is 1.48. The molecule has 1 aliphatic rings. The monoisotopic (exact) mass is 371 g/mol. The molecule has 1 aromatic carbocycles. The molecule has 1 aliphatic carbocycles. The van der Waals surface area contributed by atoms with Gasteiger partial charge in [-0.1, -0.05) is 11.6 Å². The number of hydrogen-bond acceptors (Lipinski definition) is 5. The van der Waals surface area contributed by atoms with Crippen LogP contribution >= 0.6 is 23.5 Å². The third-order valence-electron chi connectivity index (χ3n) is 3.34. The Morgan fingerprint density at radius 2 is 2.08 bits per heavy atom. The maximum atomic E-state index is 13.8. The molecule has 0 saturated heterocycles. The Labute approximate surface area is 148 Å². The van der Waals surface area contributed by atoms with E-state index >= 15 is 0 Å². The zero-order chi connectivity index (χ0) is 16.9. The predicted molar refractivity (Wildman–Crippen MR) is 93.1 cm³/mol. The van der Waals surface area contributed by atoms with Gasteiger partial charge < -0.3 is 14.8 Å². The van der Waals surface area contributed by atoms with Crippen molar-refractivity contribution in [1.82, 2.24) is 4.98 Å². The molecule has 0 radical (unpaired) electrons. The number of halogens is 3. The van der Waals surface area contributed by atoms with Gasteiger partial charge in [0, 0.05) is 16.5 Å². The number of pyridine rings is 1. The van der Waals surface area contributed by atoms with E-state index in [0.717, 1.165) is 0 Å². The number of ether oxygens (including phenoxy) is 1. The van der Waals surface area contributed by atoms with Crippen molar-refractivity contribution in [3.8, 4) is 0 Å². The van der Waals surface area contributed by atoms with Gasteiger partial charge in [-0.25, -0.2) is 13.8 Å². The smallest absolute Gasteiger partial charge is 0.147 e. The van der Waals surface area contributed by atoms with Crippen LogP contribution in [0.3, 0.4) is 0 Å². The maximum Gasteiger partial charge on any atom is 0.147 e. The van der Waals surface area contributed by atoms with Crippen LogP contribution in [-0.4, -0.2) is 17.0 Å². The van der Waals surface area contributed by atoms with Crippen LogP contribution in [0.15, 0.2) is 30.5 Å². The topological polar surface area (TPSA) is 46.2 Å². The van der Waals surface area contributed by atoms with E-state index in [1.807, 2.05) is 0 Å². The number of aromatic nitrogens is 1. The highest BCUT2D eigenvalue weighted by atomic mass is 35.5. The van der Waals surface area contributed by atoms with E-state index in [2.05, 4.69) is 15.0 Å². The van der Waals surface area contributed by atoms with E-state index in [-0.39, 0.29) is 18.4 Å². The molecule has 1 fully saturated rings. The molecule has 0 bridgehead atoms. The summed E-state index contributed by atoms with van der Waals surface area (Å²) in [5.74, 6) is -0.280. The van der Waals surface area contributed by atoms with Gasteiger partial charge in [-0.05, 0) is 49.1 Å². The number of nitrogens with zero attached hydrogens (tertiary/aromatic N) is 1. The average molecular weight is 372 g/mol. The minimum atomic E-state index is -0.480. The molecule has 0 aliphatic heterocycles. The van der Waals surface area contributed by atoms with Crippen molar-refractivity contribution < 1.29 is 13.5 Å². The molecule has 1 aromatic heterocycles. The largest absolute Gasteiger partial charge is 0.363 e. The van der Waals surface area contributed by atoms with E-state index in [1.54, 1.807) is 24.1 Å². The molecule has 0 unspecified atom stereocenters. The first-order chi connectivity index (χ1) is 11.6. The van der Waals surface area contributed by atoms with Crippen LogP contribution in [0.1, 0.15) is 18.4 Å². The second-order valence-electron chi connectivity index (χ2n) is 5.38. The van der Waals surface area contributed by atoms with Crippen molar-refractivity contribution in [2.45, 2.75) is 24.7 Å². The van der Waals surface area contributed by atoms with Crippen molar-refractivity contribution in [2.24, 2.45) is 0 Å². The SMILES string of the molecule is Fc1ccc(NCOCc2cc(NSC3CC3)ncc2F)cc1Cl. The second kappa shape index (κ2) is 8.00. The van der Waals surface area contributed by atoms with Gasteiger partial charge >= 0.3 is 0 Å². The fraction of sp³-hybridized carbons (Fsp3) is 0.312. The maximum absolute atomic E-state index is 13.8. The van der Waals surface area contributed by atoms with Crippen LogP contribution in [-0.2, 0) is 11.3 Å². The molecular weight excluding hydrogens is 356 g/mol. The highest BCUT2D eigenvalue weighted by Crippen LogP contribution is 2.34. The summed E-state index contributed by atoms with van der Waals surface area (Å²) in [6.07, 6.45) is 3.59. The Hall–Kier alpha value is -1.57. The number of hydrogen-bond donors (Lipinski definition) is 2. The first-order valence-electron chi connectivity index (χ1n) is 7.44. The zero-order valence-electron chi connectivity index (χ0n) is 12.7. The fourth-order valence-corrected chi connectivity index (χ4v) is 2.83. The molecule has 0 atom stereocenters. The summed E-state index contributed by atoms with van der Waals surface area (Å²) in [6, 6.07) is 5.92. The predicted octanol–water partition coefficient (Wildman–Crippen LogP) is 4.82. The van der Waals surface area contributed by atoms with Gasteiger partial charge in [-0.2, -0.15) is 0 Å². The molecule has 0 spiro atoms. The van der Waals surface area contributed by atoms with Gasteiger partial charge in [0.25, 0.3) is 0 Å². The summed E-state index contributed by atoms with van der Waals surface area (Å²) in [6.45, 7) is 0.238. The van der Waals surface area contributed by atoms with E-state index in [9.17, 15) is 8.78 Å². The highest BCUT2D eigenvalue weighted by molar-refractivity contribution is 8.01. The highest BCUT2D eigenvalue weighted by Gasteiger charge is 2.22. The van der Waals surface area contributed by atoms with Crippen LogP contribution in [0, 0.1) is 11.6 Å². The third-order valence-corrected chi connectivity index (χ3v) is 4.77. The van der Waals surface area contributed by atoms with Gasteiger partial charge in [0.15, 0.2) is 0 Å². The molecule has 0 amide bonds.